The Hall–Kier alpha value is -3.70. The Kier molecular flexibility index (Phi) is 5.33. The van der Waals surface area contributed by atoms with Crippen LogP contribution in [0.3, 0.4) is 0 Å². The number of fused-ring (bicyclic) bond motifs is 1. The minimum atomic E-state index is -0.303. The highest BCUT2D eigenvalue weighted by Crippen LogP contribution is 2.34. The van der Waals surface area contributed by atoms with Crippen LogP contribution in [0.15, 0.2) is 54.6 Å². The Morgan fingerprint density at radius 1 is 1.16 bits per heavy atom. The average Bonchev–Trinajstić information content (AvgIpc) is 3.39. The zero-order chi connectivity index (χ0) is 22.1. The predicted octanol–water partition coefficient (Wildman–Crippen LogP) is 4.82. The van der Waals surface area contributed by atoms with E-state index in [0.29, 0.717) is 22.6 Å². The van der Waals surface area contributed by atoms with E-state index in [1.807, 2.05) is 30.3 Å². The minimum Gasteiger partial charge on any atom is -0.347 e. The first-order chi connectivity index (χ1) is 15.6. The van der Waals surface area contributed by atoms with Gasteiger partial charge in [0.05, 0.1) is 11.6 Å². The number of nitrogens with one attached hydrogen (secondary N) is 1. The molecule has 0 radical (unpaired) electrons. The molecule has 1 saturated heterocycles. The average molecular weight is 443 g/mol. The maximum atomic E-state index is 13.1. The molecule has 160 valence electrons. The summed E-state index contributed by atoms with van der Waals surface area (Å²) in [5, 5.41) is 17.9. The quantitative estimate of drug-likeness (QED) is 0.490. The highest BCUT2D eigenvalue weighted by Gasteiger charge is 2.24. The van der Waals surface area contributed by atoms with Crippen LogP contribution < -0.4 is 10.2 Å². The SMILES string of the molecule is CC1CCN(c2nn3c(NC(=O)c4cccc(C#N)c4)c(-c4ccccc4)nc3s2)CC1. The molecule has 1 fully saturated rings. The Morgan fingerprint density at radius 2 is 1.94 bits per heavy atom. The van der Waals surface area contributed by atoms with Crippen LogP contribution in [-0.2, 0) is 0 Å². The van der Waals surface area contributed by atoms with Crippen molar-refractivity contribution in [3.05, 3.63) is 65.7 Å². The van der Waals surface area contributed by atoms with Gasteiger partial charge in [-0.1, -0.05) is 54.7 Å². The number of aromatic nitrogens is 3. The number of anilines is 2. The lowest BCUT2D eigenvalue weighted by molar-refractivity contribution is 0.102. The second-order valence-corrected chi connectivity index (χ2v) is 9.00. The van der Waals surface area contributed by atoms with Gasteiger partial charge in [0, 0.05) is 24.2 Å². The molecule has 1 aliphatic heterocycles. The Bertz CT molecular complexity index is 1310. The maximum Gasteiger partial charge on any atom is 0.256 e. The van der Waals surface area contributed by atoms with Gasteiger partial charge in [-0.15, -0.1) is 5.10 Å². The van der Waals surface area contributed by atoms with Crippen LogP contribution in [0.1, 0.15) is 35.7 Å². The summed E-state index contributed by atoms with van der Waals surface area (Å²) in [6.07, 6.45) is 2.30. The van der Waals surface area contributed by atoms with Crippen molar-refractivity contribution in [1.82, 2.24) is 14.6 Å². The summed E-state index contributed by atoms with van der Waals surface area (Å²) >= 11 is 1.54. The third kappa shape index (κ3) is 3.83. The van der Waals surface area contributed by atoms with Gasteiger partial charge in [0.25, 0.3) is 5.91 Å². The van der Waals surface area contributed by atoms with Crippen molar-refractivity contribution < 1.29 is 4.79 Å². The molecule has 5 rings (SSSR count). The minimum absolute atomic E-state index is 0.303. The van der Waals surface area contributed by atoms with Crippen molar-refractivity contribution >= 4 is 33.2 Å². The van der Waals surface area contributed by atoms with E-state index in [4.69, 9.17) is 15.3 Å². The first-order valence-electron chi connectivity index (χ1n) is 10.6. The highest BCUT2D eigenvalue weighted by molar-refractivity contribution is 7.20. The lowest BCUT2D eigenvalue weighted by Crippen LogP contribution is -2.32. The summed E-state index contributed by atoms with van der Waals surface area (Å²) < 4.78 is 1.73. The topological polar surface area (TPSA) is 86.3 Å². The predicted molar refractivity (Wildman–Crippen MR) is 126 cm³/mol. The molecule has 1 N–H and O–H groups in total. The van der Waals surface area contributed by atoms with E-state index in [1.165, 1.54) is 11.3 Å². The number of carbonyl (C=O) groups excluding carboxylic acids is 1. The Morgan fingerprint density at radius 3 is 2.69 bits per heavy atom. The maximum absolute atomic E-state index is 13.1. The van der Waals surface area contributed by atoms with E-state index in [2.05, 4.69) is 23.2 Å². The summed E-state index contributed by atoms with van der Waals surface area (Å²) in [6, 6.07) is 18.5. The van der Waals surface area contributed by atoms with E-state index in [-0.39, 0.29) is 5.91 Å². The fraction of sp³-hybridized carbons (Fsp3) is 0.250. The van der Waals surface area contributed by atoms with Crippen molar-refractivity contribution in [2.75, 3.05) is 23.3 Å². The van der Waals surface area contributed by atoms with Crippen molar-refractivity contribution in [3.8, 4) is 17.3 Å². The fourth-order valence-corrected chi connectivity index (χ4v) is 4.84. The van der Waals surface area contributed by atoms with Crippen LogP contribution in [0.2, 0.25) is 0 Å². The van der Waals surface area contributed by atoms with Gasteiger partial charge in [-0.25, -0.2) is 4.98 Å². The van der Waals surface area contributed by atoms with Gasteiger partial charge in [-0.05, 0) is 37.0 Å². The van der Waals surface area contributed by atoms with E-state index in [0.717, 1.165) is 47.5 Å². The van der Waals surface area contributed by atoms with Gasteiger partial charge in [0.15, 0.2) is 5.82 Å². The van der Waals surface area contributed by atoms with E-state index in [1.54, 1.807) is 28.8 Å². The van der Waals surface area contributed by atoms with Crippen molar-refractivity contribution in [1.29, 1.82) is 5.26 Å². The molecule has 0 bridgehead atoms. The van der Waals surface area contributed by atoms with Crippen molar-refractivity contribution in [3.63, 3.8) is 0 Å². The zero-order valence-electron chi connectivity index (χ0n) is 17.7. The van der Waals surface area contributed by atoms with Crippen molar-refractivity contribution in [2.45, 2.75) is 19.8 Å². The molecule has 0 aliphatic carbocycles. The molecule has 4 aromatic rings. The Labute approximate surface area is 189 Å². The number of imidazole rings is 1. The van der Waals surface area contributed by atoms with Crippen LogP contribution in [0.25, 0.3) is 16.2 Å². The highest BCUT2D eigenvalue weighted by atomic mass is 32.1. The molecule has 2 aromatic carbocycles. The zero-order valence-corrected chi connectivity index (χ0v) is 18.5. The third-order valence-corrected chi connectivity index (χ3v) is 6.75. The molecule has 0 saturated carbocycles. The van der Waals surface area contributed by atoms with E-state index in [9.17, 15) is 4.79 Å². The van der Waals surface area contributed by atoms with Crippen LogP contribution in [0, 0.1) is 17.2 Å². The van der Waals surface area contributed by atoms with Gasteiger partial charge in [-0.3, -0.25) is 4.79 Å². The lowest BCUT2D eigenvalue weighted by atomic mass is 10.00. The standard InChI is InChI=1S/C24H22N6OS/c1-16-10-12-29(13-11-16)24-28-30-21(27-22(31)19-9-5-6-17(14-19)15-25)20(26-23(30)32-24)18-7-3-2-4-8-18/h2-9,14,16H,10-13H2,1H3,(H,27,31). The molecule has 1 aliphatic rings. The third-order valence-electron chi connectivity index (χ3n) is 5.78. The summed E-state index contributed by atoms with van der Waals surface area (Å²) in [6.45, 7) is 4.24. The van der Waals surface area contributed by atoms with Crippen LogP contribution in [0.4, 0.5) is 10.9 Å². The number of amides is 1. The van der Waals surface area contributed by atoms with Crippen LogP contribution >= 0.6 is 11.3 Å². The Balaban J connectivity index is 1.54. The van der Waals surface area contributed by atoms with Crippen LogP contribution in [0.5, 0.6) is 0 Å². The molecule has 1 amide bonds. The van der Waals surface area contributed by atoms with Gasteiger partial charge in [-0.2, -0.15) is 9.78 Å². The molecular formula is C24H22N6OS. The number of rotatable bonds is 4. The second kappa shape index (κ2) is 8.44. The number of benzene rings is 2. The fourth-order valence-electron chi connectivity index (χ4n) is 3.89. The summed E-state index contributed by atoms with van der Waals surface area (Å²) in [4.78, 5) is 20.9. The smallest absolute Gasteiger partial charge is 0.256 e. The monoisotopic (exact) mass is 442 g/mol. The summed E-state index contributed by atoms with van der Waals surface area (Å²) in [5.74, 6) is 0.966. The molecule has 0 unspecified atom stereocenters. The molecule has 0 atom stereocenters. The summed E-state index contributed by atoms with van der Waals surface area (Å²) in [5.41, 5.74) is 2.43. The van der Waals surface area contributed by atoms with Crippen LogP contribution in [-0.4, -0.2) is 33.6 Å². The van der Waals surface area contributed by atoms with Gasteiger partial charge in [0.1, 0.15) is 5.69 Å². The van der Waals surface area contributed by atoms with E-state index >= 15 is 0 Å². The lowest BCUT2D eigenvalue weighted by Gasteiger charge is -2.29. The molecule has 8 heteroatoms. The summed E-state index contributed by atoms with van der Waals surface area (Å²) in [7, 11) is 0. The van der Waals surface area contributed by atoms with E-state index < -0.39 is 0 Å². The number of piperidine rings is 1. The molecule has 32 heavy (non-hydrogen) atoms. The molecule has 7 nitrogen and oxygen atoms in total. The largest absolute Gasteiger partial charge is 0.347 e. The molecule has 2 aromatic heterocycles. The molecule has 3 heterocycles. The molecule has 0 spiro atoms. The van der Waals surface area contributed by atoms with Gasteiger partial charge in [0.2, 0.25) is 10.1 Å². The normalized spacial score (nSPS) is 14.4. The number of nitrogens with zero attached hydrogens (tertiary/aromatic N) is 5. The first-order valence-corrected chi connectivity index (χ1v) is 11.5. The van der Waals surface area contributed by atoms with Crippen molar-refractivity contribution in [2.24, 2.45) is 5.92 Å². The van der Waals surface area contributed by atoms with Gasteiger partial charge < -0.3 is 10.2 Å². The second-order valence-electron chi connectivity index (χ2n) is 8.07. The van der Waals surface area contributed by atoms with Gasteiger partial charge >= 0.3 is 0 Å². The number of nitriles is 1. The number of hydrogen-bond acceptors (Lipinski definition) is 6. The number of carbonyl (C=O) groups is 1. The number of hydrogen-bond donors (Lipinski definition) is 1. The molecular weight excluding hydrogens is 420 g/mol. The first kappa shape index (κ1) is 20.2.